The predicted octanol–water partition coefficient (Wildman–Crippen LogP) is 1.40. The molecule has 0 aromatic carbocycles. The van der Waals surface area contributed by atoms with Crippen LogP contribution in [0.2, 0.25) is 0 Å². The number of hydrogen-bond acceptors (Lipinski definition) is 6. The Morgan fingerprint density at radius 3 is 2.70 bits per heavy atom. The van der Waals surface area contributed by atoms with E-state index in [-0.39, 0.29) is 29.5 Å². The number of thioether (sulfide) groups is 1. The van der Waals surface area contributed by atoms with Crippen molar-refractivity contribution >= 4 is 29.5 Å². The minimum Gasteiger partial charge on any atom is -0.352 e. The molecule has 3 N–H and O–H groups in total. The van der Waals surface area contributed by atoms with Crippen molar-refractivity contribution in [2.75, 3.05) is 18.8 Å². The molecule has 30 heavy (non-hydrogen) atoms. The molecule has 2 atom stereocenters. The van der Waals surface area contributed by atoms with Gasteiger partial charge in [-0.25, -0.2) is 4.98 Å². The van der Waals surface area contributed by atoms with Crippen LogP contribution in [-0.2, 0) is 14.4 Å². The molecule has 1 aliphatic heterocycles. The molecule has 3 rings (SSSR count). The lowest BCUT2D eigenvalue weighted by Gasteiger charge is -2.32. The third-order valence-corrected chi connectivity index (χ3v) is 6.77. The van der Waals surface area contributed by atoms with E-state index in [1.54, 1.807) is 11.8 Å². The van der Waals surface area contributed by atoms with Crippen molar-refractivity contribution in [3.05, 3.63) is 5.82 Å². The van der Waals surface area contributed by atoms with Gasteiger partial charge in [-0.2, -0.15) is 0 Å². The van der Waals surface area contributed by atoms with Crippen molar-refractivity contribution in [1.82, 2.24) is 30.7 Å². The van der Waals surface area contributed by atoms with E-state index >= 15 is 0 Å². The molecule has 2 unspecified atom stereocenters. The van der Waals surface area contributed by atoms with Crippen LogP contribution in [0.1, 0.15) is 57.7 Å². The molecule has 1 saturated heterocycles. The first-order valence-electron chi connectivity index (χ1n) is 10.8. The van der Waals surface area contributed by atoms with Gasteiger partial charge in [0.05, 0.1) is 5.75 Å². The summed E-state index contributed by atoms with van der Waals surface area (Å²) in [5.74, 6) is 1.10. The van der Waals surface area contributed by atoms with Crippen molar-refractivity contribution in [3.8, 4) is 0 Å². The maximum atomic E-state index is 12.7. The van der Waals surface area contributed by atoms with Crippen LogP contribution < -0.4 is 10.6 Å². The fourth-order valence-electron chi connectivity index (χ4n) is 4.20. The second-order valence-corrected chi connectivity index (χ2v) is 9.12. The number of nitrogens with zero attached hydrogens (tertiary/aromatic N) is 3. The van der Waals surface area contributed by atoms with Gasteiger partial charge in [0.15, 0.2) is 0 Å². The Labute approximate surface area is 181 Å². The van der Waals surface area contributed by atoms with Gasteiger partial charge in [-0.1, -0.05) is 24.6 Å². The number of likely N-dealkylation sites (tertiary alicyclic amines) is 1. The van der Waals surface area contributed by atoms with Crippen molar-refractivity contribution < 1.29 is 14.4 Å². The van der Waals surface area contributed by atoms with E-state index in [1.165, 1.54) is 11.8 Å². The second-order valence-electron chi connectivity index (χ2n) is 8.18. The minimum atomic E-state index is -0.484. The number of aromatic nitrogens is 3. The Morgan fingerprint density at radius 1 is 1.27 bits per heavy atom. The fourth-order valence-corrected chi connectivity index (χ4v) is 4.85. The molecule has 3 amide bonds. The van der Waals surface area contributed by atoms with Gasteiger partial charge in [-0.05, 0) is 45.4 Å². The molecule has 0 spiro atoms. The molecule has 1 saturated carbocycles. The lowest BCUT2D eigenvalue weighted by atomic mass is 9.97. The van der Waals surface area contributed by atoms with Gasteiger partial charge in [-0.15, -0.1) is 5.10 Å². The largest absolute Gasteiger partial charge is 0.352 e. The van der Waals surface area contributed by atoms with Gasteiger partial charge >= 0.3 is 0 Å². The van der Waals surface area contributed by atoms with Crippen LogP contribution in [0.25, 0.3) is 0 Å². The zero-order chi connectivity index (χ0) is 21.5. The summed E-state index contributed by atoms with van der Waals surface area (Å²) in [6.07, 6.45) is 6.74. The SMILES string of the molecule is Cc1nc(SCC(=O)NC(CNC(=O)C(C)N2CCCCC2=O)C2CCCC2)n[nH]1. The first-order chi connectivity index (χ1) is 14.4. The molecule has 1 aromatic rings. The Bertz CT molecular complexity index is 749. The normalized spacial score (nSPS) is 19.5. The number of amides is 3. The first-order valence-corrected chi connectivity index (χ1v) is 11.8. The fraction of sp³-hybridized carbons (Fsp3) is 0.750. The van der Waals surface area contributed by atoms with Crippen molar-refractivity contribution in [2.45, 2.75) is 76.0 Å². The highest BCUT2D eigenvalue weighted by Gasteiger charge is 2.30. The van der Waals surface area contributed by atoms with E-state index in [2.05, 4.69) is 25.8 Å². The van der Waals surface area contributed by atoms with Crippen LogP contribution in [0.4, 0.5) is 0 Å². The Hall–Kier alpha value is -2.10. The average Bonchev–Trinajstić information content (AvgIpc) is 3.41. The maximum absolute atomic E-state index is 12.7. The third-order valence-electron chi connectivity index (χ3n) is 5.93. The summed E-state index contributed by atoms with van der Waals surface area (Å²) >= 11 is 1.29. The lowest BCUT2D eigenvalue weighted by Crippen LogP contribution is -2.53. The molecule has 10 heteroatoms. The topological polar surface area (TPSA) is 120 Å². The molecule has 9 nitrogen and oxygen atoms in total. The molecule has 0 radical (unpaired) electrons. The highest BCUT2D eigenvalue weighted by Crippen LogP contribution is 2.27. The number of aromatic amines is 1. The molecule has 2 heterocycles. The van der Waals surface area contributed by atoms with E-state index in [0.29, 0.717) is 36.4 Å². The van der Waals surface area contributed by atoms with E-state index in [0.717, 1.165) is 38.5 Å². The monoisotopic (exact) mass is 436 g/mol. The Balaban J connectivity index is 1.51. The summed E-state index contributed by atoms with van der Waals surface area (Å²) < 4.78 is 0. The summed E-state index contributed by atoms with van der Waals surface area (Å²) in [4.78, 5) is 43.1. The zero-order valence-electron chi connectivity index (χ0n) is 17.8. The number of aryl methyl sites for hydroxylation is 1. The van der Waals surface area contributed by atoms with E-state index in [4.69, 9.17) is 0 Å². The van der Waals surface area contributed by atoms with Crippen LogP contribution in [0, 0.1) is 12.8 Å². The molecule has 1 aliphatic carbocycles. The van der Waals surface area contributed by atoms with Crippen LogP contribution in [0.3, 0.4) is 0 Å². The molecule has 0 bridgehead atoms. The molecule has 2 aliphatic rings. The number of H-pyrrole nitrogens is 1. The number of hydrogen-bond donors (Lipinski definition) is 3. The molecule has 1 aromatic heterocycles. The Morgan fingerprint density at radius 2 is 2.03 bits per heavy atom. The number of piperidine rings is 1. The summed E-state index contributed by atoms with van der Waals surface area (Å²) in [7, 11) is 0. The summed E-state index contributed by atoms with van der Waals surface area (Å²) in [6.45, 7) is 4.60. The van der Waals surface area contributed by atoms with E-state index in [9.17, 15) is 14.4 Å². The molecule has 166 valence electrons. The molecular weight excluding hydrogens is 404 g/mol. The Kier molecular flexibility index (Phi) is 8.12. The average molecular weight is 437 g/mol. The third kappa shape index (κ3) is 6.20. The summed E-state index contributed by atoms with van der Waals surface area (Å²) in [6, 6.07) is -0.593. The second kappa shape index (κ2) is 10.8. The summed E-state index contributed by atoms with van der Waals surface area (Å²) in [5.41, 5.74) is 0. The highest BCUT2D eigenvalue weighted by atomic mass is 32.2. The smallest absolute Gasteiger partial charge is 0.242 e. The van der Waals surface area contributed by atoms with Gasteiger partial charge in [-0.3, -0.25) is 19.5 Å². The first kappa shape index (κ1) is 22.6. The van der Waals surface area contributed by atoms with Crippen LogP contribution in [0.5, 0.6) is 0 Å². The van der Waals surface area contributed by atoms with Gasteiger partial charge in [0.1, 0.15) is 11.9 Å². The minimum absolute atomic E-state index is 0.0452. The zero-order valence-corrected chi connectivity index (χ0v) is 18.6. The lowest BCUT2D eigenvalue weighted by molar-refractivity contribution is -0.141. The van der Waals surface area contributed by atoms with Crippen molar-refractivity contribution in [3.63, 3.8) is 0 Å². The molecular formula is C20H32N6O3S. The quantitative estimate of drug-likeness (QED) is 0.503. The number of carbonyl (C=O) groups is 3. The molecule has 2 fully saturated rings. The van der Waals surface area contributed by atoms with Gasteiger partial charge in [0.25, 0.3) is 0 Å². The van der Waals surface area contributed by atoms with Crippen LogP contribution in [0.15, 0.2) is 5.16 Å². The van der Waals surface area contributed by atoms with Crippen LogP contribution in [-0.4, -0.2) is 68.7 Å². The van der Waals surface area contributed by atoms with E-state index < -0.39 is 6.04 Å². The van der Waals surface area contributed by atoms with Crippen molar-refractivity contribution in [1.29, 1.82) is 0 Å². The van der Waals surface area contributed by atoms with Gasteiger partial charge in [0, 0.05) is 25.6 Å². The van der Waals surface area contributed by atoms with Crippen molar-refractivity contribution in [2.24, 2.45) is 5.92 Å². The number of carbonyl (C=O) groups excluding carboxylic acids is 3. The highest BCUT2D eigenvalue weighted by molar-refractivity contribution is 7.99. The predicted molar refractivity (Wildman–Crippen MR) is 114 cm³/mol. The van der Waals surface area contributed by atoms with Crippen LogP contribution >= 0.6 is 11.8 Å². The summed E-state index contributed by atoms with van der Waals surface area (Å²) in [5, 5.41) is 13.4. The van der Waals surface area contributed by atoms with Gasteiger partial charge in [0.2, 0.25) is 22.9 Å². The maximum Gasteiger partial charge on any atom is 0.242 e. The van der Waals surface area contributed by atoms with Gasteiger partial charge < -0.3 is 15.5 Å². The number of nitrogens with one attached hydrogen (secondary N) is 3. The van der Waals surface area contributed by atoms with E-state index in [1.807, 2.05) is 6.92 Å². The standard InChI is InChI=1S/C20H32N6O3S/c1-13(26-10-6-5-9-18(26)28)19(29)21-11-16(15-7-3-4-8-15)23-17(27)12-30-20-22-14(2)24-25-20/h13,15-16H,3-12H2,1-2H3,(H,21,29)(H,23,27)(H,22,24,25). The number of rotatable bonds is 9.